The molecule has 0 saturated heterocycles. The number of alkyl halides is 3. The van der Waals surface area contributed by atoms with Crippen LogP contribution < -0.4 is 0 Å². The molecule has 1 aromatic carbocycles. The first-order chi connectivity index (χ1) is 13.1. The number of hydrogen-bond acceptors (Lipinski definition) is 4. The van der Waals surface area contributed by atoms with Crippen LogP contribution in [0.2, 0.25) is 0 Å². The molecule has 9 heteroatoms. The van der Waals surface area contributed by atoms with Gasteiger partial charge in [-0.15, -0.1) is 0 Å². The second-order valence-corrected chi connectivity index (χ2v) is 6.85. The summed E-state index contributed by atoms with van der Waals surface area (Å²) in [7, 11) is 1.42. The van der Waals surface area contributed by atoms with Crippen LogP contribution >= 0.6 is 0 Å². The van der Waals surface area contributed by atoms with Crippen LogP contribution in [0.1, 0.15) is 47.5 Å². The van der Waals surface area contributed by atoms with Crippen LogP contribution in [0.3, 0.4) is 0 Å². The maximum atomic E-state index is 13.5. The Hall–Kier alpha value is -2.97. The number of nitrogens with zero attached hydrogens (tertiary/aromatic N) is 5. The van der Waals surface area contributed by atoms with E-state index < -0.39 is 29.4 Å². The summed E-state index contributed by atoms with van der Waals surface area (Å²) in [6.07, 6.45) is -3.73. The Morgan fingerprint density at radius 3 is 2.54 bits per heavy atom. The molecule has 6 nitrogen and oxygen atoms in total. The number of fused-ring (bicyclic) bond motifs is 1. The van der Waals surface area contributed by atoms with Gasteiger partial charge < -0.3 is 4.90 Å². The highest BCUT2D eigenvalue weighted by molar-refractivity contribution is 5.95. The molecule has 28 heavy (non-hydrogen) atoms. The zero-order valence-corrected chi connectivity index (χ0v) is 15.9. The lowest BCUT2D eigenvalue weighted by Gasteiger charge is -2.19. The third-order valence-corrected chi connectivity index (χ3v) is 4.35. The number of aromatic nitrogens is 4. The average Bonchev–Trinajstić information content (AvgIpc) is 3.07. The first-order valence-corrected chi connectivity index (χ1v) is 8.72. The van der Waals surface area contributed by atoms with Gasteiger partial charge in [-0.3, -0.25) is 9.48 Å². The van der Waals surface area contributed by atoms with E-state index in [4.69, 9.17) is 0 Å². The molecule has 148 valence electrons. The van der Waals surface area contributed by atoms with E-state index in [9.17, 15) is 18.0 Å². The predicted octanol–water partition coefficient (Wildman–Crippen LogP) is 4.01. The van der Waals surface area contributed by atoms with Crippen molar-refractivity contribution >= 4 is 16.8 Å². The summed E-state index contributed by atoms with van der Waals surface area (Å²) in [4.78, 5) is 22.7. The van der Waals surface area contributed by atoms with Gasteiger partial charge in [0.1, 0.15) is 5.82 Å². The second-order valence-electron chi connectivity index (χ2n) is 6.85. The van der Waals surface area contributed by atoms with E-state index in [1.54, 1.807) is 13.8 Å². The molecule has 0 radical (unpaired) electrons. The monoisotopic (exact) mass is 391 g/mol. The molecule has 0 aliphatic heterocycles. The van der Waals surface area contributed by atoms with Crippen LogP contribution in [-0.4, -0.2) is 37.6 Å². The molecule has 2 aromatic heterocycles. The molecule has 2 heterocycles. The maximum Gasteiger partial charge on any atom is 0.433 e. The molecule has 0 saturated carbocycles. The summed E-state index contributed by atoms with van der Waals surface area (Å²) in [6, 6.07) is 6.89. The van der Waals surface area contributed by atoms with Crippen molar-refractivity contribution in [2.24, 2.45) is 0 Å². The molecule has 3 aromatic rings. The number of para-hydroxylation sites is 1. The molecule has 0 bridgehead atoms. The van der Waals surface area contributed by atoms with Crippen molar-refractivity contribution in [1.29, 1.82) is 0 Å². The lowest BCUT2D eigenvalue weighted by Crippen LogP contribution is -2.29. The van der Waals surface area contributed by atoms with Crippen molar-refractivity contribution in [1.82, 2.24) is 24.6 Å². The van der Waals surface area contributed by atoms with E-state index in [1.807, 2.05) is 31.2 Å². The molecular formula is C19H20F3N5O. The van der Waals surface area contributed by atoms with Crippen LogP contribution in [0.15, 0.2) is 30.5 Å². The van der Waals surface area contributed by atoms with Crippen LogP contribution in [0.25, 0.3) is 10.9 Å². The number of benzene rings is 1. The van der Waals surface area contributed by atoms with Crippen molar-refractivity contribution in [2.45, 2.75) is 39.5 Å². The average molecular weight is 391 g/mol. The van der Waals surface area contributed by atoms with Crippen LogP contribution in [0.4, 0.5) is 13.2 Å². The van der Waals surface area contributed by atoms with Gasteiger partial charge in [0.2, 0.25) is 0 Å². The molecule has 3 rings (SSSR count). The number of carbonyl (C=O) groups excluding carboxylic acids is 1. The molecule has 0 fully saturated rings. The Morgan fingerprint density at radius 1 is 1.21 bits per heavy atom. The Balaban J connectivity index is 1.92. The minimum atomic E-state index is -4.69. The molecule has 0 aliphatic carbocycles. The van der Waals surface area contributed by atoms with Crippen molar-refractivity contribution in [3.8, 4) is 0 Å². The van der Waals surface area contributed by atoms with Gasteiger partial charge in [0, 0.05) is 24.2 Å². The van der Waals surface area contributed by atoms with Gasteiger partial charge in [0.15, 0.2) is 5.69 Å². The van der Waals surface area contributed by atoms with E-state index in [0.29, 0.717) is 5.82 Å². The third kappa shape index (κ3) is 3.69. The van der Waals surface area contributed by atoms with Gasteiger partial charge in [-0.25, -0.2) is 9.97 Å². The first-order valence-electron chi connectivity index (χ1n) is 8.72. The lowest BCUT2D eigenvalue weighted by atomic mass is 10.2. The second kappa shape index (κ2) is 7.21. The molecule has 0 spiro atoms. The first kappa shape index (κ1) is 19.8. The van der Waals surface area contributed by atoms with E-state index in [2.05, 4.69) is 15.1 Å². The van der Waals surface area contributed by atoms with Crippen molar-refractivity contribution in [3.63, 3.8) is 0 Å². The van der Waals surface area contributed by atoms with Crippen molar-refractivity contribution in [3.05, 3.63) is 53.2 Å². The summed E-state index contributed by atoms with van der Waals surface area (Å²) in [5, 5.41) is 4.65. The van der Waals surface area contributed by atoms with Crippen molar-refractivity contribution < 1.29 is 18.0 Å². The van der Waals surface area contributed by atoms with E-state index >= 15 is 0 Å². The van der Waals surface area contributed by atoms with Gasteiger partial charge in [-0.2, -0.15) is 18.3 Å². The number of hydrogen-bond donors (Lipinski definition) is 0. The minimum Gasteiger partial charge on any atom is -0.334 e. The molecule has 0 N–H and O–H groups in total. The number of rotatable bonds is 4. The Bertz CT molecular complexity index is 1030. The van der Waals surface area contributed by atoms with Crippen LogP contribution in [0.5, 0.6) is 0 Å². The molecule has 0 aliphatic rings. The quantitative estimate of drug-likeness (QED) is 0.674. The van der Waals surface area contributed by atoms with Gasteiger partial charge >= 0.3 is 6.18 Å². The zero-order valence-electron chi connectivity index (χ0n) is 15.9. The number of aryl methyl sites for hydroxylation is 1. The summed E-state index contributed by atoms with van der Waals surface area (Å²) >= 11 is 0. The van der Waals surface area contributed by atoms with Gasteiger partial charge in [-0.1, -0.05) is 18.2 Å². The molecular weight excluding hydrogens is 371 g/mol. The van der Waals surface area contributed by atoms with E-state index in [-0.39, 0.29) is 6.54 Å². The van der Waals surface area contributed by atoms with Crippen LogP contribution in [0, 0.1) is 6.92 Å². The summed E-state index contributed by atoms with van der Waals surface area (Å²) in [6.45, 7) is 4.95. The lowest BCUT2D eigenvalue weighted by molar-refractivity contribution is -0.145. The smallest absolute Gasteiger partial charge is 0.334 e. The Kier molecular flexibility index (Phi) is 5.10. The van der Waals surface area contributed by atoms with Gasteiger partial charge in [0.25, 0.3) is 5.91 Å². The highest BCUT2D eigenvalue weighted by Crippen LogP contribution is 2.34. The highest BCUT2D eigenvalue weighted by atomic mass is 19.4. The van der Waals surface area contributed by atoms with Gasteiger partial charge in [-0.05, 0) is 26.8 Å². The van der Waals surface area contributed by atoms with E-state index in [1.165, 1.54) is 11.9 Å². The highest BCUT2D eigenvalue weighted by Gasteiger charge is 2.41. The summed E-state index contributed by atoms with van der Waals surface area (Å²) < 4.78 is 41.4. The van der Waals surface area contributed by atoms with Gasteiger partial charge in [0.05, 0.1) is 23.8 Å². The standard InChI is InChI=1S/C19H20F3N5O/c1-11(2)27-17(19(20,21)22)14(9-23-27)18(28)26(4)10-16-24-12(3)13-7-5-6-8-15(13)25-16/h5-9,11H,10H2,1-4H3. The SMILES string of the molecule is Cc1nc(CN(C)C(=O)c2cnn(C(C)C)c2C(F)(F)F)nc2ccccc12. The molecule has 0 atom stereocenters. The number of carbonyl (C=O) groups is 1. The zero-order chi connectivity index (χ0) is 20.6. The third-order valence-electron chi connectivity index (χ3n) is 4.35. The topological polar surface area (TPSA) is 63.9 Å². The Morgan fingerprint density at radius 2 is 1.89 bits per heavy atom. The predicted molar refractivity (Wildman–Crippen MR) is 97.7 cm³/mol. The largest absolute Gasteiger partial charge is 0.433 e. The normalized spacial score (nSPS) is 12.0. The van der Waals surface area contributed by atoms with Crippen LogP contribution in [-0.2, 0) is 12.7 Å². The van der Waals surface area contributed by atoms with E-state index in [0.717, 1.165) is 27.5 Å². The minimum absolute atomic E-state index is 0.0192. The number of amides is 1. The molecule has 1 amide bonds. The fraction of sp³-hybridized carbons (Fsp3) is 0.368. The number of halogens is 3. The Labute approximate surface area is 160 Å². The molecule has 0 unspecified atom stereocenters. The summed E-state index contributed by atoms with van der Waals surface area (Å²) in [5.74, 6) is -0.425. The van der Waals surface area contributed by atoms with Crippen molar-refractivity contribution in [2.75, 3.05) is 7.05 Å². The maximum absolute atomic E-state index is 13.5. The fourth-order valence-electron chi connectivity index (χ4n) is 3.05. The summed E-state index contributed by atoms with van der Waals surface area (Å²) in [5.41, 5.74) is -0.0734. The fourth-order valence-corrected chi connectivity index (χ4v) is 3.05.